The van der Waals surface area contributed by atoms with Gasteiger partial charge >= 0.3 is 5.69 Å². The SMILES string of the molecule is C[C@@H](C(=O)Nc1cc2c(cc1O)n(C)c(=O)n2C)c1cccc(F)c1. The Morgan fingerprint density at radius 1 is 1.16 bits per heavy atom. The monoisotopic (exact) mass is 343 g/mol. The second-order valence-corrected chi connectivity index (χ2v) is 6.02. The predicted octanol–water partition coefficient (Wildman–Crippen LogP) is 2.46. The molecule has 0 fully saturated rings. The minimum absolute atomic E-state index is 0.145. The van der Waals surface area contributed by atoms with Crippen LogP contribution in [0.1, 0.15) is 18.4 Å². The van der Waals surface area contributed by atoms with E-state index in [0.29, 0.717) is 16.6 Å². The van der Waals surface area contributed by atoms with Crippen LogP contribution in [0.4, 0.5) is 10.1 Å². The highest BCUT2D eigenvalue weighted by Crippen LogP contribution is 2.30. The van der Waals surface area contributed by atoms with Gasteiger partial charge in [0.2, 0.25) is 5.91 Å². The normalized spacial score (nSPS) is 12.3. The Kier molecular flexibility index (Phi) is 4.08. The van der Waals surface area contributed by atoms with Crippen LogP contribution < -0.4 is 11.0 Å². The molecule has 0 aliphatic rings. The van der Waals surface area contributed by atoms with Crippen LogP contribution in [0, 0.1) is 5.82 Å². The van der Waals surface area contributed by atoms with Crippen LogP contribution in [0.3, 0.4) is 0 Å². The number of phenolic OH excluding ortho intramolecular Hbond substituents is 1. The fourth-order valence-corrected chi connectivity index (χ4v) is 2.80. The zero-order valence-corrected chi connectivity index (χ0v) is 14.1. The molecule has 1 heterocycles. The van der Waals surface area contributed by atoms with E-state index >= 15 is 0 Å². The average molecular weight is 343 g/mol. The molecule has 6 nitrogen and oxygen atoms in total. The first-order valence-corrected chi connectivity index (χ1v) is 7.74. The van der Waals surface area contributed by atoms with Gasteiger partial charge in [0.25, 0.3) is 0 Å². The van der Waals surface area contributed by atoms with Crippen LogP contribution >= 0.6 is 0 Å². The van der Waals surface area contributed by atoms with Crippen molar-refractivity contribution >= 4 is 22.6 Å². The van der Waals surface area contributed by atoms with E-state index in [4.69, 9.17) is 0 Å². The highest BCUT2D eigenvalue weighted by atomic mass is 19.1. The molecule has 1 atom stereocenters. The number of anilines is 1. The Morgan fingerprint density at radius 3 is 2.44 bits per heavy atom. The number of imidazole rings is 1. The topological polar surface area (TPSA) is 76.3 Å². The number of aryl methyl sites for hydroxylation is 2. The molecule has 0 radical (unpaired) electrons. The molecule has 2 aromatic carbocycles. The summed E-state index contributed by atoms with van der Waals surface area (Å²) in [4.78, 5) is 24.4. The van der Waals surface area contributed by atoms with Gasteiger partial charge in [-0.05, 0) is 30.7 Å². The molecule has 1 amide bonds. The number of amides is 1. The number of aromatic hydroxyl groups is 1. The second-order valence-electron chi connectivity index (χ2n) is 6.02. The summed E-state index contributed by atoms with van der Waals surface area (Å²) in [6, 6.07) is 8.79. The molecular weight excluding hydrogens is 325 g/mol. The maximum Gasteiger partial charge on any atom is 0.328 e. The molecule has 3 aromatic rings. The number of carbonyl (C=O) groups excluding carboxylic acids is 1. The lowest BCUT2D eigenvalue weighted by molar-refractivity contribution is -0.117. The molecule has 1 aromatic heterocycles. The minimum atomic E-state index is -0.606. The first-order chi connectivity index (χ1) is 11.8. The summed E-state index contributed by atoms with van der Waals surface area (Å²) < 4.78 is 16.2. The molecule has 0 spiro atoms. The van der Waals surface area contributed by atoms with Crippen LogP contribution in [0.15, 0.2) is 41.2 Å². The van der Waals surface area contributed by atoms with Crippen LogP contribution in [0.2, 0.25) is 0 Å². The number of aromatic nitrogens is 2. The number of rotatable bonds is 3. The Bertz CT molecular complexity index is 1040. The van der Waals surface area contributed by atoms with Gasteiger partial charge in [0, 0.05) is 20.2 Å². The second kappa shape index (κ2) is 6.08. The lowest BCUT2D eigenvalue weighted by atomic mass is 10.00. The van der Waals surface area contributed by atoms with Gasteiger partial charge in [-0.3, -0.25) is 13.9 Å². The Labute approximate surface area is 143 Å². The summed E-state index contributed by atoms with van der Waals surface area (Å²) in [5.41, 5.74) is 1.64. The van der Waals surface area contributed by atoms with Gasteiger partial charge in [-0.1, -0.05) is 12.1 Å². The van der Waals surface area contributed by atoms with Crippen molar-refractivity contribution in [2.45, 2.75) is 12.8 Å². The maximum absolute atomic E-state index is 13.3. The molecule has 130 valence electrons. The summed E-state index contributed by atoms with van der Waals surface area (Å²) >= 11 is 0. The third kappa shape index (κ3) is 2.88. The van der Waals surface area contributed by atoms with Gasteiger partial charge in [0.05, 0.1) is 22.6 Å². The lowest BCUT2D eigenvalue weighted by Crippen LogP contribution is -2.19. The number of hydrogen-bond acceptors (Lipinski definition) is 3. The zero-order chi connectivity index (χ0) is 18.3. The molecule has 3 rings (SSSR count). The van der Waals surface area contributed by atoms with E-state index in [1.54, 1.807) is 33.2 Å². The standard InChI is InChI=1S/C18H18FN3O3/c1-10(11-5-4-6-12(19)7-11)17(24)20-13-8-14-15(9-16(13)23)22(3)18(25)21(14)2/h4-10,23H,1-3H3,(H,20,24)/t10-/m1/s1. The molecule has 0 saturated carbocycles. The summed E-state index contributed by atoms with van der Waals surface area (Å²) in [6.45, 7) is 1.65. The van der Waals surface area contributed by atoms with Crippen molar-refractivity contribution in [3.63, 3.8) is 0 Å². The van der Waals surface area contributed by atoms with Crippen molar-refractivity contribution in [1.82, 2.24) is 9.13 Å². The van der Waals surface area contributed by atoms with E-state index in [-0.39, 0.29) is 23.0 Å². The summed E-state index contributed by atoms with van der Waals surface area (Å²) in [7, 11) is 3.22. The molecule has 7 heteroatoms. The van der Waals surface area contributed by atoms with Crippen molar-refractivity contribution in [3.8, 4) is 5.75 Å². The van der Waals surface area contributed by atoms with Crippen molar-refractivity contribution in [1.29, 1.82) is 0 Å². The largest absolute Gasteiger partial charge is 0.506 e. The molecule has 0 saturated heterocycles. The number of nitrogens with zero attached hydrogens (tertiary/aromatic N) is 2. The van der Waals surface area contributed by atoms with Gasteiger partial charge in [-0.15, -0.1) is 0 Å². The number of hydrogen-bond donors (Lipinski definition) is 2. The predicted molar refractivity (Wildman–Crippen MR) is 93.3 cm³/mol. The van der Waals surface area contributed by atoms with Crippen molar-refractivity contribution in [2.75, 3.05) is 5.32 Å². The molecule has 2 N–H and O–H groups in total. The number of phenols is 1. The van der Waals surface area contributed by atoms with Crippen molar-refractivity contribution in [2.24, 2.45) is 14.1 Å². The number of halogens is 1. The molecule has 0 aliphatic carbocycles. The van der Waals surface area contributed by atoms with Crippen LogP contribution in [0.25, 0.3) is 11.0 Å². The van der Waals surface area contributed by atoms with E-state index in [2.05, 4.69) is 5.32 Å². The van der Waals surface area contributed by atoms with Crippen molar-refractivity contribution in [3.05, 3.63) is 58.3 Å². The quantitative estimate of drug-likeness (QED) is 0.717. The van der Waals surface area contributed by atoms with Gasteiger partial charge in [0.1, 0.15) is 11.6 Å². The smallest absolute Gasteiger partial charge is 0.328 e. The fourth-order valence-electron chi connectivity index (χ4n) is 2.80. The van der Waals surface area contributed by atoms with Gasteiger partial charge < -0.3 is 10.4 Å². The highest BCUT2D eigenvalue weighted by molar-refractivity contribution is 5.98. The minimum Gasteiger partial charge on any atom is -0.506 e. The fraction of sp³-hybridized carbons (Fsp3) is 0.222. The third-order valence-corrected chi connectivity index (χ3v) is 4.39. The number of fused-ring (bicyclic) bond motifs is 1. The van der Waals surface area contributed by atoms with Gasteiger partial charge in [-0.25, -0.2) is 9.18 Å². The average Bonchev–Trinajstić information content (AvgIpc) is 2.79. The maximum atomic E-state index is 13.3. The first-order valence-electron chi connectivity index (χ1n) is 7.74. The van der Waals surface area contributed by atoms with Crippen LogP contribution in [0.5, 0.6) is 5.75 Å². The van der Waals surface area contributed by atoms with Crippen LogP contribution in [-0.2, 0) is 18.9 Å². The Morgan fingerprint density at radius 2 is 1.80 bits per heavy atom. The molecule has 0 bridgehead atoms. The third-order valence-electron chi connectivity index (χ3n) is 4.39. The lowest BCUT2D eigenvalue weighted by Gasteiger charge is -2.14. The van der Waals surface area contributed by atoms with Crippen LogP contribution in [-0.4, -0.2) is 20.1 Å². The first kappa shape index (κ1) is 16.8. The van der Waals surface area contributed by atoms with E-state index in [1.165, 1.54) is 33.4 Å². The molecule has 25 heavy (non-hydrogen) atoms. The number of nitrogens with one attached hydrogen (secondary N) is 1. The summed E-state index contributed by atoms with van der Waals surface area (Å²) in [5, 5.41) is 12.8. The molecular formula is C18H18FN3O3. The van der Waals surface area contributed by atoms with Gasteiger partial charge in [0.15, 0.2) is 0 Å². The summed E-state index contributed by atoms with van der Waals surface area (Å²) in [6.07, 6.45) is 0. The zero-order valence-electron chi connectivity index (χ0n) is 14.1. The summed E-state index contributed by atoms with van der Waals surface area (Å²) in [5.74, 6) is -1.55. The molecule has 0 aliphatic heterocycles. The van der Waals surface area contributed by atoms with E-state index < -0.39 is 11.7 Å². The number of carbonyl (C=O) groups is 1. The van der Waals surface area contributed by atoms with Crippen molar-refractivity contribution < 1.29 is 14.3 Å². The van der Waals surface area contributed by atoms with E-state index in [9.17, 15) is 19.1 Å². The van der Waals surface area contributed by atoms with E-state index in [1.807, 2.05) is 0 Å². The van der Waals surface area contributed by atoms with E-state index in [0.717, 1.165) is 0 Å². The van der Waals surface area contributed by atoms with Gasteiger partial charge in [-0.2, -0.15) is 0 Å². The Balaban J connectivity index is 1.94. The Hall–Kier alpha value is -3.09. The molecule has 0 unspecified atom stereocenters. The highest BCUT2D eigenvalue weighted by Gasteiger charge is 2.19. The number of benzene rings is 2.